The molecule has 0 saturated carbocycles. The van der Waals surface area contributed by atoms with E-state index in [4.69, 9.17) is 19.2 Å². The van der Waals surface area contributed by atoms with E-state index in [0.29, 0.717) is 0 Å². The Morgan fingerprint density at radius 3 is 1.22 bits per heavy atom. The number of hydrogen-bond donors (Lipinski definition) is 6. The van der Waals surface area contributed by atoms with Crippen molar-refractivity contribution >= 4 is 42.8 Å². The SMILES string of the molecule is N.O=P(O)(O)O.[SH][Al][SH]. The molecule has 0 aromatic rings. The third kappa shape index (κ3) is 292. The molecule has 0 bridgehead atoms. The lowest BCUT2D eigenvalue weighted by atomic mass is 14.0. The molecule has 0 aliphatic rings. The molecule has 9 heavy (non-hydrogen) atoms. The standard InChI is InChI=1S/Al.H3N.H3O4P.2H2S/c;;1-5(2,3)4;;/h;1H3;(H3,1,2,3,4);2*1H2/q+2;;;;/p-2. The minimum Gasteiger partial charge on any atom is -0.344 e. The van der Waals surface area contributed by atoms with Crippen molar-refractivity contribution in [3.05, 3.63) is 0 Å². The van der Waals surface area contributed by atoms with Gasteiger partial charge < -0.3 is 20.8 Å². The third-order valence-electron chi connectivity index (χ3n) is 0. The first kappa shape index (κ1) is 16.7. The Kier molecular flexibility index (Phi) is 17.3. The van der Waals surface area contributed by atoms with Crippen LogP contribution in [0.5, 0.6) is 0 Å². The van der Waals surface area contributed by atoms with Gasteiger partial charge in [-0.05, 0) is 0 Å². The maximum atomic E-state index is 8.88. The summed E-state index contributed by atoms with van der Waals surface area (Å²) >= 11 is 0.139. The highest BCUT2D eigenvalue weighted by molar-refractivity contribution is 8.36. The summed E-state index contributed by atoms with van der Waals surface area (Å²) in [4.78, 5) is 21.6. The Hall–Kier alpha value is 1.30. The van der Waals surface area contributed by atoms with Gasteiger partial charge in [0.15, 0.2) is 0 Å². The summed E-state index contributed by atoms with van der Waals surface area (Å²) < 4.78 is 8.88. The van der Waals surface area contributed by atoms with Gasteiger partial charge in [0, 0.05) is 0 Å². The highest BCUT2D eigenvalue weighted by Crippen LogP contribution is 2.25. The maximum absolute atomic E-state index is 8.88. The first-order chi connectivity index (χ1) is 3.41. The topological polar surface area (TPSA) is 113 Å². The van der Waals surface area contributed by atoms with Gasteiger partial charge in [-0.15, -0.1) is 0 Å². The zero-order chi connectivity index (χ0) is 7.21. The molecule has 1 radical (unpaired) electrons. The van der Waals surface area contributed by atoms with Crippen molar-refractivity contribution in [1.82, 2.24) is 6.15 Å². The van der Waals surface area contributed by atoms with Gasteiger partial charge in [0.25, 0.3) is 0 Å². The monoisotopic (exact) mass is 208 g/mol. The average molecular weight is 208 g/mol. The molecule has 0 heterocycles. The minimum absolute atomic E-state index is 0. The maximum Gasteiger partial charge on any atom is 0.466 e. The van der Waals surface area contributed by atoms with Gasteiger partial charge in [-0.2, -0.15) is 0 Å². The van der Waals surface area contributed by atoms with Crippen molar-refractivity contribution in [1.29, 1.82) is 0 Å². The number of hydrogen-bond acceptors (Lipinski definition) is 4. The van der Waals surface area contributed by atoms with Gasteiger partial charge in [-0.1, -0.05) is 0 Å². The van der Waals surface area contributed by atoms with Crippen LogP contribution in [0.3, 0.4) is 0 Å². The van der Waals surface area contributed by atoms with Gasteiger partial charge in [0.1, 0.15) is 0 Å². The zero-order valence-corrected chi connectivity index (χ0v) is 8.21. The molecule has 0 atom stereocenters. The lowest BCUT2D eigenvalue weighted by molar-refractivity contribution is 0.275. The molecule has 0 spiro atoms. The lowest BCUT2D eigenvalue weighted by Crippen LogP contribution is -1.66. The van der Waals surface area contributed by atoms with Crippen LogP contribution in [0.2, 0.25) is 0 Å². The van der Waals surface area contributed by atoms with Crippen LogP contribution in [0.4, 0.5) is 0 Å². The Labute approximate surface area is 68.3 Å². The van der Waals surface area contributed by atoms with Gasteiger partial charge in [0.2, 0.25) is 0 Å². The Morgan fingerprint density at radius 2 is 1.22 bits per heavy atom. The summed E-state index contributed by atoms with van der Waals surface area (Å²) in [6.45, 7) is 0. The molecule has 0 unspecified atom stereocenters. The van der Waals surface area contributed by atoms with E-state index in [1.165, 1.54) is 0 Å². The summed E-state index contributed by atoms with van der Waals surface area (Å²) in [5, 5.41) is 0. The molecule has 0 rings (SSSR count). The van der Waals surface area contributed by atoms with Gasteiger partial charge in [-0.3, -0.25) is 22.0 Å². The van der Waals surface area contributed by atoms with Gasteiger partial charge in [0.05, 0.1) is 0 Å². The molecular weight excluding hydrogens is 200 g/mol. The summed E-state index contributed by atoms with van der Waals surface area (Å²) in [5.41, 5.74) is 0. The van der Waals surface area contributed by atoms with Gasteiger partial charge in [-0.25, -0.2) is 4.57 Å². The van der Waals surface area contributed by atoms with E-state index in [1.54, 1.807) is 0 Å². The average Bonchev–Trinajstić information content (AvgIpc) is 1.27. The zero-order valence-electron chi connectivity index (χ0n) is 4.38. The molecule has 0 aliphatic heterocycles. The molecule has 57 valence electrons. The van der Waals surface area contributed by atoms with E-state index < -0.39 is 7.82 Å². The number of rotatable bonds is 0. The molecule has 0 amide bonds. The van der Waals surface area contributed by atoms with Crippen molar-refractivity contribution in [2.45, 2.75) is 0 Å². The van der Waals surface area contributed by atoms with E-state index >= 15 is 0 Å². The molecule has 0 aliphatic carbocycles. The molecule has 0 aromatic carbocycles. The number of thiol groups is 2. The van der Waals surface area contributed by atoms with E-state index in [1.807, 2.05) is 0 Å². The second-order valence-electron chi connectivity index (χ2n) is 0.629. The van der Waals surface area contributed by atoms with Crippen molar-refractivity contribution in [3.63, 3.8) is 0 Å². The molecule has 0 saturated heterocycles. The second-order valence-corrected chi connectivity index (χ2v) is 4.66. The Balaban J connectivity index is -0.0000000800. The largest absolute Gasteiger partial charge is 0.466 e. The molecule has 9 heteroatoms. The summed E-state index contributed by atoms with van der Waals surface area (Å²) in [5.74, 6) is 0. The predicted molar refractivity (Wildman–Crippen MR) is 43.0 cm³/mol. The fourth-order valence-corrected chi connectivity index (χ4v) is 0. The van der Waals surface area contributed by atoms with Crippen molar-refractivity contribution in [3.8, 4) is 0 Å². The molecular formula is H8AlNO4PS2. The molecule has 0 fully saturated rings. The second kappa shape index (κ2) is 9.30. The smallest absolute Gasteiger partial charge is 0.344 e. The van der Waals surface area contributed by atoms with Crippen LogP contribution in [0, 0.1) is 0 Å². The predicted octanol–water partition coefficient (Wildman–Crippen LogP) is -0.386. The molecule has 6 N–H and O–H groups in total. The van der Waals surface area contributed by atoms with Gasteiger partial charge >= 0.3 is 20.8 Å². The highest BCUT2D eigenvalue weighted by atomic mass is 32.4. The van der Waals surface area contributed by atoms with Crippen LogP contribution in [0.25, 0.3) is 0 Å². The summed E-state index contributed by atoms with van der Waals surface area (Å²) in [6.07, 6.45) is 0. The first-order valence-electron chi connectivity index (χ1n) is 1.30. The molecule has 5 nitrogen and oxygen atoms in total. The normalized spacial score (nSPS) is 8.11. The Morgan fingerprint density at radius 1 is 1.22 bits per heavy atom. The van der Waals surface area contributed by atoms with Crippen molar-refractivity contribution in [2.75, 3.05) is 0 Å². The van der Waals surface area contributed by atoms with Crippen LogP contribution in [-0.2, 0) is 4.57 Å². The quantitative estimate of drug-likeness (QED) is 0.184. The minimum atomic E-state index is -4.64. The van der Waals surface area contributed by atoms with Crippen LogP contribution < -0.4 is 6.15 Å². The Bertz CT molecular complexity index is 74.4. The van der Waals surface area contributed by atoms with E-state index in [9.17, 15) is 0 Å². The summed E-state index contributed by atoms with van der Waals surface area (Å²) in [7, 11) is 2.83. The molecule has 0 aromatic heterocycles. The highest BCUT2D eigenvalue weighted by Gasteiger charge is 2.00. The van der Waals surface area contributed by atoms with Crippen LogP contribution in [0.1, 0.15) is 0 Å². The van der Waals surface area contributed by atoms with E-state index in [2.05, 4.69) is 22.0 Å². The fraction of sp³-hybridized carbons (Fsp3) is 0. The fourth-order valence-electron chi connectivity index (χ4n) is 0. The van der Waals surface area contributed by atoms with Crippen molar-refractivity contribution in [2.24, 2.45) is 0 Å². The van der Waals surface area contributed by atoms with Crippen molar-refractivity contribution < 1.29 is 19.2 Å². The van der Waals surface area contributed by atoms with Crippen LogP contribution in [-0.4, -0.2) is 27.6 Å². The van der Waals surface area contributed by atoms with Crippen LogP contribution >= 0.6 is 29.8 Å². The summed E-state index contributed by atoms with van der Waals surface area (Å²) in [6, 6.07) is 0. The first-order valence-corrected chi connectivity index (χ1v) is 7.00. The number of phosphoric acid groups is 1. The third-order valence-corrected chi connectivity index (χ3v) is 0. The lowest BCUT2D eigenvalue weighted by Gasteiger charge is -1.82. The van der Waals surface area contributed by atoms with E-state index in [0.717, 1.165) is 0 Å². The van der Waals surface area contributed by atoms with Crippen LogP contribution in [0.15, 0.2) is 0 Å². The van der Waals surface area contributed by atoms with E-state index in [-0.39, 0.29) is 19.1 Å².